The minimum Gasteiger partial charge on any atom is -0.376 e. The third-order valence-electron chi connectivity index (χ3n) is 4.43. The predicted molar refractivity (Wildman–Crippen MR) is 88.2 cm³/mol. The van der Waals surface area contributed by atoms with Crippen molar-refractivity contribution in [2.45, 2.75) is 59.8 Å². The highest BCUT2D eigenvalue weighted by molar-refractivity contribution is 5.78. The number of carbonyl (C=O) groups is 1. The lowest BCUT2D eigenvalue weighted by molar-refractivity contribution is -0.125. The van der Waals surface area contributed by atoms with Gasteiger partial charge in [0, 0.05) is 31.4 Å². The zero-order chi connectivity index (χ0) is 16.8. The summed E-state index contributed by atoms with van der Waals surface area (Å²) in [5.41, 5.74) is 3.19. The Morgan fingerprint density at radius 1 is 1.52 bits per heavy atom. The summed E-state index contributed by atoms with van der Waals surface area (Å²) in [6.07, 6.45) is 3.01. The molecule has 2 rings (SSSR count). The zero-order valence-electron chi connectivity index (χ0n) is 14.7. The van der Waals surface area contributed by atoms with Gasteiger partial charge in [-0.05, 0) is 45.6 Å². The van der Waals surface area contributed by atoms with Crippen LogP contribution in [0.5, 0.6) is 0 Å². The van der Waals surface area contributed by atoms with Gasteiger partial charge in [-0.1, -0.05) is 6.92 Å². The van der Waals surface area contributed by atoms with Gasteiger partial charge in [0.05, 0.1) is 11.8 Å². The van der Waals surface area contributed by atoms with E-state index in [-0.39, 0.29) is 17.9 Å². The first-order chi connectivity index (χ1) is 11.0. The SMILES string of the molecule is CCOCn1nc(C)c(C[C@H](C)C(=O)NC[C@H]2CCCO2)c1C. The molecule has 23 heavy (non-hydrogen) atoms. The third-order valence-corrected chi connectivity index (χ3v) is 4.43. The highest BCUT2D eigenvalue weighted by Crippen LogP contribution is 2.18. The molecule has 0 spiro atoms. The molecule has 1 fully saturated rings. The molecule has 130 valence electrons. The van der Waals surface area contributed by atoms with Gasteiger partial charge in [-0.3, -0.25) is 4.79 Å². The van der Waals surface area contributed by atoms with Gasteiger partial charge in [0.25, 0.3) is 0 Å². The molecule has 1 aliphatic rings. The van der Waals surface area contributed by atoms with Crippen LogP contribution in [0.25, 0.3) is 0 Å². The minimum atomic E-state index is -0.0847. The van der Waals surface area contributed by atoms with Crippen molar-refractivity contribution in [3.8, 4) is 0 Å². The fourth-order valence-corrected chi connectivity index (χ4v) is 2.93. The highest BCUT2D eigenvalue weighted by Gasteiger charge is 2.21. The normalized spacial score (nSPS) is 19.0. The number of hydrogen-bond acceptors (Lipinski definition) is 4. The quantitative estimate of drug-likeness (QED) is 0.794. The van der Waals surface area contributed by atoms with E-state index in [1.165, 1.54) is 0 Å². The monoisotopic (exact) mass is 323 g/mol. The molecule has 1 aromatic heterocycles. The molecule has 6 heteroatoms. The smallest absolute Gasteiger partial charge is 0.223 e. The first-order valence-electron chi connectivity index (χ1n) is 8.52. The van der Waals surface area contributed by atoms with E-state index in [2.05, 4.69) is 10.4 Å². The molecule has 1 saturated heterocycles. The second-order valence-corrected chi connectivity index (χ2v) is 6.26. The second-order valence-electron chi connectivity index (χ2n) is 6.26. The number of ether oxygens (including phenoxy) is 2. The molecule has 0 bridgehead atoms. The number of rotatable bonds is 8. The molecule has 6 nitrogen and oxygen atoms in total. The van der Waals surface area contributed by atoms with Crippen molar-refractivity contribution in [3.63, 3.8) is 0 Å². The third kappa shape index (κ3) is 4.78. The van der Waals surface area contributed by atoms with E-state index in [0.717, 1.165) is 36.4 Å². The van der Waals surface area contributed by atoms with E-state index in [4.69, 9.17) is 9.47 Å². The summed E-state index contributed by atoms with van der Waals surface area (Å²) in [6, 6.07) is 0. The predicted octanol–water partition coefficient (Wildman–Crippen LogP) is 1.97. The van der Waals surface area contributed by atoms with Crippen LogP contribution < -0.4 is 5.32 Å². The lowest BCUT2D eigenvalue weighted by Gasteiger charge is -2.15. The van der Waals surface area contributed by atoms with Gasteiger partial charge in [-0.2, -0.15) is 5.10 Å². The van der Waals surface area contributed by atoms with Gasteiger partial charge in [0.15, 0.2) is 0 Å². The number of amides is 1. The molecule has 1 aliphatic heterocycles. The molecule has 0 radical (unpaired) electrons. The average molecular weight is 323 g/mol. The first-order valence-corrected chi connectivity index (χ1v) is 8.52. The molecule has 2 atom stereocenters. The van der Waals surface area contributed by atoms with Crippen molar-refractivity contribution in [1.82, 2.24) is 15.1 Å². The maximum atomic E-state index is 12.3. The van der Waals surface area contributed by atoms with E-state index < -0.39 is 0 Å². The largest absolute Gasteiger partial charge is 0.376 e. The Morgan fingerprint density at radius 2 is 2.30 bits per heavy atom. The van der Waals surface area contributed by atoms with E-state index in [1.54, 1.807) is 0 Å². The number of nitrogens with zero attached hydrogens (tertiary/aromatic N) is 2. The van der Waals surface area contributed by atoms with Gasteiger partial charge in [-0.15, -0.1) is 0 Å². The van der Waals surface area contributed by atoms with Gasteiger partial charge in [0.2, 0.25) is 5.91 Å². The molecule has 1 N–H and O–H groups in total. The summed E-state index contributed by atoms with van der Waals surface area (Å²) in [4.78, 5) is 12.3. The van der Waals surface area contributed by atoms with Crippen LogP contribution in [0.1, 0.15) is 43.6 Å². The van der Waals surface area contributed by atoms with Crippen molar-refractivity contribution in [2.75, 3.05) is 19.8 Å². The molecule has 0 saturated carbocycles. The molecule has 1 amide bonds. The molecule has 2 heterocycles. The Bertz CT molecular complexity index is 521. The molecule has 1 aromatic rings. The number of nitrogens with one attached hydrogen (secondary N) is 1. The van der Waals surface area contributed by atoms with Crippen LogP contribution in [0, 0.1) is 19.8 Å². The van der Waals surface area contributed by atoms with Crippen molar-refractivity contribution in [1.29, 1.82) is 0 Å². The standard InChI is InChI=1S/C17H29N3O3/c1-5-22-11-20-14(4)16(13(3)19-20)9-12(2)17(21)18-10-15-7-6-8-23-15/h12,15H,5-11H2,1-4H3,(H,18,21)/t12-,15+/m0/s1. The zero-order valence-corrected chi connectivity index (χ0v) is 14.7. The van der Waals surface area contributed by atoms with Gasteiger partial charge >= 0.3 is 0 Å². The minimum absolute atomic E-state index is 0.0804. The fourth-order valence-electron chi connectivity index (χ4n) is 2.93. The Kier molecular flexibility index (Phi) is 6.59. The number of carbonyl (C=O) groups excluding carboxylic acids is 1. The van der Waals surface area contributed by atoms with E-state index in [0.29, 0.717) is 26.3 Å². The van der Waals surface area contributed by atoms with E-state index in [1.807, 2.05) is 32.4 Å². The number of aryl methyl sites for hydroxylation is 1. The Labute approximate surface area is 138 Å². The van der Waals surface area contributed by atoms with Crippen LogP contribution in [-0.2, 0) is 27.4 Å². The summed E-state index contributed by atoms with van der Waals surface area (Å²) in [7, 11) is 0. The van der Waals surface area contributed by atoms with E-state index >= 15 is 0 Å². The van der Waals surface area contributed by atoms with Gasteiger partial charge < -0.3 is 14.8 Å². The number of aromatic nitrogens is 2. The summed E-state index contributed by atoms with van der Waals surface area (Å²) < 4.78 is 12.8. The second kappa shape index (κ2) is 8.45. The highest BCUT2D eigenvalue weighted by atomic mass is 16.5. The summed E-state index contributed by atoms with van der Waals surface area (Å²) in [6.45, 7) is 10.5. The topological polar surface area (TPSA) is 65.4 Å². The lowest BCUT2D eigenvalue weighted by atomic mass is 9.99. The van der Waals surface area contributed by atoms with Crippen LogP contribution in [-0.4, -0.2) is 41.6 Å². The van der Waals surface area contributed by atoms with E-state index in [9.17, 15) is 4.79 Å². The average Bonchev–Trinajstić information content (AvgIpc) is 3.14. The van der Waals surface area contributed by atoms with Crippen LogP contribution in [0.15, 0.2) is 0 Å². The molecule has 0 unspecified atom stereocenters. The van der Waals surface area contributed by atoms with Crippen molar-refractivity contribution in [2.24, 2.45) is 5.92 Å². The summed E-state index contributed by atoms with van der Waals surface area (Å²) >= 11 is 0. The molecular weight excluding hydrogens is 294 g/mol. The van der Waals surface area contributed by atoms with Gasteiger partial charge in [0.1, 0.15) is 6.73 Å². The van der Waals surface area contributed by atoms with Crippen LogP contribution >= 0.6 is 0 Å². The summed E-state index contributed by atoms with van der Waals surface area (Å²) in [5.74, 6) is -0.00425. The van der Waals surface area contributed by atoms with Crippen LogP contribution in [0.2, 0.25) is 0 Å². The maximum absolute atomic E-state index is 12.3. The lowest BCUT2D eigenvalue weighted by Crippen LogP contribution is -2.36. The first kappa shape index (κ1) is 17.9. The van der Waals surface area contributed by atoms with Crippen molar-refractivity contribution in [3.05, 3.63) is 17.0 Å². The van der Waals surface area contributed by atoms with Crippen molar-refractivity contribution < 1.29 is 14.3 Å². The van der Waals surface area contributed by atoms with Crippen LogP contribution in [0.3, 0.4) is 0 Å². The Morgan fingerprint density at radius 3 is 2.96 bits per heavy atom. The molecular formula is C17H29N3O3. The summed E-state index contributed by atoms with van der Waals surface area (Å²) in [5, 5.41) is 7.52. The number of hydrogen-bond donors (Lipinski definition) is 1. The molecule has 0 aliphatic carbocycles. The maximum Gasteiger partial charge on any atom is 0.223 e. The van der Waals surface area contributed by atoms with Crippen molar-refractivity contribution >= 4 is 5.91 Å². The fraction of sp³-hybridized carbons (Fsp3) is 0.765. The Hall–Kier alpha value is -1.40. The van der Waals surface area contributed by atoms with Gasteiger partial charge in [-0.25, -0.2) is 4.68 Å². The Balaban J connectivity index is 1.89. The molecule has 0 aromatic carbocycles. The van der Waals surface area contributed by atoms with Crippen LogP contribution in [0.4, 0.5) is 0 Å².